The molecular formula is C8H9F3. The van der Waals surface area contributed by atoms with Crippen molar-refractivity contribution >= 4 is 0 Å². The molecule has 0 atom stereocenters. The lowest BCUT2D eigenvalue weighted by Gasteiger charge is -2.05. The second kappa shape index (κ2) is 3.11. The van der Waals surface area contributed by atoms with Crippen LogP contribution in [0.15, 0.2) is 23.8 Å². The molecule has 1 aliphatic rings. The molecule has 0 unspecified atom stereocenters. The van der Waals surface area contributed by atoms with Gasteiger partial charge in [-0.05, 0) is 19.3 Å². The van der Waals surface area contributed by atoms with E-state index in [2.05, 4.69) is 0 Å². The van der Waals surface area contributed by atoms with Crippen molar-refractivity contribution in [2.24, 2.45) is 0 Å². The highest BCUT2D eigenvalue weighted by Gasteiger charge is 2.31. The first-order valence-electron chi connectivity index (χ1n) is 3.54. The molecule has 0 aromatic heterocycles. The van der Waals surface area contributed by atoms with Crippen molar-refractivity contribution in [1.29, 1.82) is 0 Å². The lowest BCUT2D eigenvalue weighted by molar-refractivity contribution is -0.0883. The van der Waals surface area contributed by atoms with Gasteiger partial charge in [0.1, 0.15) is 0 Å². The maximum atomic E-state index is 12.0. The summed E-state index contributed by atoms with van der Waals surface area (Å²) in [6.07, 6.45) is 1.91. The lowest BCUT2D eigenvalue weighted by atomic mass is 10.2. The van der Waals surface area contributed by atoms with Gasteiger partial charge in [-0.2, -0.15) is 13.2 Å². The van der Waals surface area contributed by atoms with Crippen molar-refractivity contribution < 1.29 is 13.2 Å². The highest BCUT2D eigenvalue weighted by Crippen LogP contribution is 2.28. The quantitative estimate of drug-likeness (QED) is 0.513. The molecular weight excluding hydrogens is 153 g/mol. The first-order valence-corrected chi connectivity index (χ1v) is 3.54. The molecule has 0 nitrogen and oxygen atoms in total. The van der Waals surface area contributed by atoms with Crippen LogP contribution in [0.5, 0.6) is 0 Å². The van der Waals surface area contributed by atoms with Gasteiger partial charge in [-0.15, -0.1) is 0 Å². The molecule has 11 heavy (non-hydrogen) atoms. The maximum absolute atomic E-state index is 12.0. The molecule has 0 aromatic carbocycles. The van der Waals surface area contributed by atoms with Crippen LogP contribution in [0.3, 0.4) is 0 Å². The van der Waals surface area contributed by atoms with Crippen molar-refractivity contribution in [3.63, 3.8) is 0 Å². The van der Waals surface area contributed by atoms with Gasteiger partial charge >= 0.3 is 6.18 Å². The van der Waals surface area contributed by atoms with E-state index in [-0.39, 0.29) is 0 Å². The van der Waals surface area contributed by atoms with E-state index in [0.717, 1.165) is 18.9 Å². The molecule has 0 aromatic rings. The minimum atomic E-state index is -4.17. The predicted octanol–water partition coefficient (Wildman–Crippen LogP) is 3.22. The zero-order valence-electron chi connectivity index (χ0n) is 5.99. The first-order chi connectivity index (χ1) is 5.11. The number of hydrogen-bond acceptors (Lipinski definition) is 0. The summed E-state index contributed by atoms with van der Waals surface area (Å²) in [6, 6.07) is 0. The Labute approximate surface area is 63.4 Å². The van der Waals surface area contributed by atoms with Crippen LogP contribution in [0.1, 0.15) is 19.3 Å². The molecule has 0 saturated heterocycles. The molecule has 0 heterocycles. The number of alkyl halides is 3. The van der Waals surface area contributed by atoms with Crippen LogP contribution in [0.4, 0.5) is 13.2 Å². The van der Waals surface area contributed by atoms with Gasteiger partial charge in [0.05, 0.1) is 5.57 Å². The molecule has 0 saturated carbocycles. The standard InChI is InChI=1S/C8H9F3/c9-8(10,11)7-5-3-1-2-4-6-7/h3,5-6H,1-2,4H2. The third-order valence-corrected chi connectivity index (χ3v) is 1.56. The molecule has 0 fully saturated rings. The summed E-state index contributed by atoms with van der Waals surface area (Å²) in [5.74, 6) is 0. The van der Waals surface area contributed by atoms with E-state index in [4.69, 9.17) is 0 Å². The fourth-order valence-electron chi connectivity index (χ4n) is 0.982. The number of hydrogen-bond donors (Lipinski definition) is 0. The fraction of sp³-hybridized carbons (Fsp3) is 0.500. The van der Waals surface area contributed by atoms with E-state index in [1.54, 1.807) is 6.08 Å². The van der Waals surface area contributed by atoms with E-state index in [9.17, 15) is 13.2 Å². The predicted molar refractivity (Wildman–Crippen MR) is 37.1 cm³/mol. The van der Waals surface area contributed by atoms with E-state index in [0.29, 0.717) is 6.42 Å². The molecule has 0 amide bonds. The Morgan fingerprint density at radius 1 is 1.18 bits per heavy atom. The summed E-state index contributed by atoms with van der Waals surface area (Å²) < 4.78 is 36.0. The lowest BCUT2D eigenvalue weighted by Crippen LogP contribution is -2.09. The van der Waals surface area contributed by atoms with Crippen molar-refractivity contribution in [2.75, 3.05) is 0 Å². The van der Waals surface area contributed by atoms with Gasteiger partial charge < -0.3 is 0 Å². The highest BCUT2D eigenvalue weighted by atomic mass is 19.4. The Kier molecular flexibility index (Phi) is 2.37. The van der Waals surface area contributed by atoms with Gasteiger partial charge in [0.15, 0.2) is 0 Å². The minimum Gasteiger partial charge on any atom is -0.166 e. The smallest absolute Gasteiger partial charge is 0.166 e. The Morgan fingerprint density at radius 2 is 1.91 bits per heavy atom. The fourth-order valence-corrected chi connectivity index (χ4v) is 0.982. The zero-order valence-corrected chi connectivity index (χ0v) is 5.99. The average molecular weight is 162 g/mol. The summed E-state index contributed by atoms with van der Waals surface area (Å²) in [5.41, 5.74) is -0.505. The molecule has 3 heteroatoms. The van der Waals surface area contributed by atoms with E-state index in [1.165, 1.54) is 6.08 Å². The van der Waals surface area contributed by atoms with Crippen molar-refractivity contribution in [3.05, 3.63) is 23.8 Å². The normalized spacial score (nSPS) is 19.4. The number of allylic oxidation sites excluding steroid dienone is 4. The van der Waals surface area contributed by atoms with Crippen molar-refractivity contribution in [1.82, 2.24) is 0 Å². The number of halogens is 3. The van der Waals surface area contributed by atoms with Crippen LogP contribution in [0.25, 0.3) is 0 Å². The van der Waals surface area contributed by atoms with Gasteiger partial charge in [0, 0.05) is 0 Å². The summed E-state index contributed by atoms with van der Waals surface area (Å²) >= 11 is 0. The second-order valence-electron chi connectivity index (χ2n) is 2.49. The molecule has 0 radical (unpaired) electrons. The van der Waals surface area contributed by atoms with Crippen LogP contribution in [-0.2, 0) is 0 Å². The minimum absolute atomic E-state index is 0.505. The average Bonchev–Trinajstić information content (AvgIpc) is 2.10. The topological polar surface area (TPSA) is 0 Å². The van der Waals surface area contributed by atoms with Crippen LogP contribution < -0.4 is 0 Å². The maximum Gasteiger partial charge on any atom is 0.416 e. The monoisotopic (exact) mass is 162 g/mol. The SMILES string of the molecule is FC(F)(F)C1=CCCCC=C1. The van der Waals surface area contributed by atoms with Crippen LogP contribution in [0.2, 0.25) is 0 Å². The molecule has 1 aliphatic carbocycles. The van der Waals surface area contributed by atoms with Crippen LogP contribution in [0, 0.1) is 0 Å². The summed E-state index contributed by atoms with van der Waals surface area (Å²) in [5, 5.41) is 0. The summed E-state index contributed by atoms with van der Waals surface area (Å²) in [7, 11) is 0. The van der Waals surface area contributed by atoms with Crippen molar-refractivity contribution in [2.45, 2.75) is 25.4 Å². The molecule has 62 valence electrons. The van der Waals surface area contributed by atoms with Gasteiger partial charge in [-0.25, -0.2) is 0 Å². The summed E-state index contributed by atoms with van der Waals surface area (Å²) in [6.45, 7) is 0. The highest BCUT2D eigenvalue weighted by molar-refractivity contribution is 5.24. The van der Waals surface area contributed by atoms with Crippen LogP contribution in [-0.4, -0.2) is 6.18 Å². The second-order valence-corrected chi connectivity index (χ2v) is 2.49. The van der Waals surface area contributed by atoms with Gasteiger partial charge in [0.2, 0.25) is 0 Å². The molecule has 0 N–H and O–H groups in total. The summed E-state index contributed by atoms with van der Waals surface area (Å²) in [4.78, 5) is 0. The van der Waals surface area contributed by atoms with Crippen LogP contribution >= 0.6 is 0 Å². The molecule has 0 aliphatic heterocycles. The molecule has 0 spiro atoms. The Balaban J connectivity index is 2.75. The first kappa shape index (κ1) is 8.37. The molecule has 0 bridgehead atoms. The van der Waals surface area contributed by atoms with E-state index >= 15 is 0 Å². The van der Waals surface area contributed by atoms with E-state index in [1.807, 2.05) is 0 Å². The Morgan fingerprint density at radius 3 is 2.55 bits per heavy atom. The third-order valence-electron chi connectivity index (χ3n) is 1.56. The number of rotatable bonds is 0. The van der Waals surface area contributed by atoms with E-state index < -0.39 is 11.7 Å². The largest absolute Gasteiger partial charge is 0.416 e. The van der Waals surface area contributed by atoms with Crippen molar-refractivity contribution in [3.8, 4) is 0 Å². The Hall–Kier alpha value is -0.730. The van der Waals surface area contributed by atoms with Gasteiger partial charge in [0.25, 0.3) is 0 Å². The zero-order chi connectivity index (χ0) is 8.32. The Bertz CT molecular complexity index is 186. The third kappa shape index (κ3) is 2.41. The van der Waals surface area contributed by atoms with Gasteiger partial charge in [-0.1, -0.05) is 18.2 Å². The molecule has 1 rings (SSSR count). The van der Waals surface area contributed by atoms with Gasteiger partial charge in [-0.3, -0.25) is 0 Å².